The van der Waals surface area contributed by atoms with Gasteiger partial charge in [-0.05, 0) is 37.8 Å². The molecule has 1 aromatic carbocycles. The number of piperidine rings is 1. The number of amides is 3. The van der Waals surface area contributed by atoms with Crippen LogP contribution in [0.25, 0.3) is 0 Å². The number of fused-ring (bicyclic) bond motifs is 1. The molecule has 2 fully saturated rings. The lowest BCUT2D eigenvalue weighted by atomic mass is 9.97. The van der Waals surface area contributed by atoms with Crippen molar-refractivity contribution in [1.29, 1.82) is 0 Å². The summed E-state index contributed by atoms with van der Waals surface area (Å²) in [6.45, 7) is 1.71. The Balaban J connectivity index is 0.000000253. The van der Waals surface area contributed by atoms with Crippen molar-refractivity contribution in [2.24, 2.45) is 5.73 Å². The first-order valence-corrected chi connectivity index (χ1v) is 9.56. The van der Waals surface area contributed by atoms with Crippen molar-refractivity contribution >= 4 is 17.7 Å². The third-order valence-electron chi connectivity index (χ3n) is 5.49. The third kappa shape index (κ3) is 4.18. The van der Waals surface area contributed by atoms with E-state index < -0.39 is 17.8 Å². The fourth-order valence-electron chi connectivity index (χ4n) is 3.86. The van der Waals surface area contributed by atoms with Crippen LogP contribution in [0.3, 0.4) is 0 Å². The SMILES string of the molecule is Cc1ccc2c(c1F)CN(C1CCC(=O)NC1=O)C2=O.NC1CCCCC1. The molecule has 3 N–H and O–H groups in total. The molecular formula is C20H26FN3O3. The molecule has 4 rings (SSSR count). The van der Waals surface area contributed by atoms with Crippen molar-refractivity contribution < 1.29 is 18.8 Å². The number of hydrogen-bond acceptors (Lipinski definition) is 4. The summed E-state index contributed by atoms with van der Waals surface area (Å²) in [6.07, 6.45) is 7.14. The van der Waals surface area contributed by atoms with Crippen LogP contribution in [-0.2, 0) is 16.1 Å². The first-order valence-electron chi connectivity index (χ1n) is 9.56. The predicted octanol–water partition coefficient (Wildman–Crippen LogP) is 2.17. The molecule has 0 radical (unpaired) electrons. The van der Waals surface area contributed by atoms with E-state index in [-0.39, 0.29) is 31.2 Å². The molecule has 1 aliphatic carbocycles. The Kier molecular flexibility index (Phi) is 5.89. The van der Waals surface area contributed by atoms with E-state index in [1.165, 1.54) is 37.0 Å². The van der Waals surface area contributed by atoms with E-state index in [1.54, 1.807) is 19.1 Å². The van der Waals surface area contributed by atoms with E-state index in [0.717, 1.165) is 0 Å². The molecule has 7 heteroatoms. The van der Waals surface area contributed by atoms with Crippen LogP contribution < -0.4 is 11.1 Å². The Labute approximate surface area is 158 Å². The maximum Gasteiger partial charge on any atom is 0.255 e. The van der Waals surface area contributed by atoms with Crippen molar-refractivity contribution in [3.63, 3.8) is 0 Å². The number of nitrogens with one attached hydrogen (secondary N) is 1. The number of hydrogen-bond donors (Lipinski definition) is 2. The maximum absolute atomic E-state index is 14.0. The molecule has 3 aliphatic rings. The van der Waals surface area contributed by atoms with Gasteiger partial charge in [0.2, 0.25) is 11.8 Å². The number of halogens is 1. The molecule has 2 heterocycles. The minimum absolute atomic E-state index is 0.0773. The summed E-state index contributed by atoms with van der Waals surface area (Å²) in [4.78, 5) is 36.6. The van der Waals surface area contributed by atoms with Gasteiger partial charge >= 0.3 is 0 Å². The number of imide groups is 1. The van der Waals surface area contributed by atoms with Crippen molar-refractivity contribution in [2.75, 3.05) is 0 Å². The van der Waals surface area contributed by atoms with E-state index in [9.17, 15) is 18.8 Å². The number of carbonyl (C=O) groups is 3. The second-order valence-electron chi connectivity index (χ2n) is 7.52. The van der Waals surface area contributed by atoms with Crippen LogP contribution >= 0.6 is 0 Å². The smallest absolute Gasteiger partial charge is 0.255 e. The minimum atomic E-state index is -0.702. The highest BCUT2D eigenvalue weighted by Gasteiger charge is 2.40. The van der Waals surface area contributed by atoms with Gasteiger partial charge in [-0.15, -0.1) is 0 Å². The summed E-state index contributed by atoms with van der Waals surface area (Å²) in [5, 5.41) is 2.21. The molecule has 1 unspecified atom stereocenters. The maximum atomic E-state index is 14.0. The Morgan fingerprint density at radius 2 is 1.81 bits per heavy atom. The van der Waals surface area contributed by atoms with Gasteiger partial charge in [-0.3, -0.25) is 19.7 Å². The predicted molar refractivity (Wildman–Crippen MR) is 98.2 cm³/mol. The molecule has 0 spiro atoms. The fourth-order valence-corrected chi connectivity index (χ4v) is 3.86. The second kappa shape index (κ2) is 8.17. The van der Waals surface area contributed by atoms with Gasteiger partial charge in [0, 0.05) is 23.6 Å². The molecule has 146 valence electrons. The molecule has 1 saturated carbocycles. The van der Waals surface area contributed by atoms with Crippen LogP contribution in [0.15, 0.2) is 12.1 Å². The molecule has 6 nitrogen and oxygen atoms in total. The molecule has 1 atom stereocenters. The van der Waals surface area contributed by atoms with Gasteiger partial charge in [0.1, 0.15) is 11.9 Å². The van der Waals surface area contributed by atoms with Crippen molar-refractivity contribution in [1.82, 2.24) is 10.2 Å². The van der Waals surface area contributed by atoms with Crippen LogP contribution in [0.5, 0.6) is 0 Å². The summed E-state index contributed by atoms with van der Waals surface area (Å²) >= 11 is 0. The van der Waals surface area contributed by atoms with E-state index in [0.29, 0.717) is 22.7 Å². The Morgan fingerprint density at radius 1 is 1.11 bits per heavy atom. The molecule has 1 aromatic rings. The van der Waals surface area contributed by atoms with Crippen LogP contribution in [0.2, 0.25) is 0 Å². The summed E-state index contributed by atoms with van der Waals surface area (Å²) in [5.41, 5.74) is 6.75. The number of aryl methyl sites for hydroxylation is 1. The van der Waals surface area contributed by atoms with E-state index in [1.807, 2.05) is 0 Å². The minimum Gasteiger partial charge on any atom is -0.328 e. The number of rotatable bonds is 1. The van der Waals surface area contributed by atoms with Crippen molar-refractivity contribution in [3.8, 4) is 0 Å². The van der Waals surface area contributed by atoms with Gasteiger partial charge in [0.05, 0.1) is 6.54 Å². The summed E-state index contributed by atoms with van der Waals surface area (Å²) in [5.74, 6) is -1.57. The zero-order chi connectivity index (χ0) is 19.6. The van der Waals surface area contributed by atoms with Crippen LogP contribution in [0, 0.1) is 12.7 Å². The fraction of sp³-hybridized carbons (Fsp3) is 0.550. The normalized spacial score (nSPS) is 22.9. The lowest BCUT2D eigenvalue weighted by Crippen LogP contribution is -2.52. The quantitative estimate of drug-likeness (QED) is 0.736. The molecular weight excluding hydrogens is 349 g/mol. The third-order valence-corrected chi connectivity index (χ3v) is 5.49. The van der Waals surface area contributed by atoms with Crippen LogP contribution in [-0.4, -0.2) is 34.7 Å². The molecule has 0 bridgehead atoms. The van der Waals surface area contributed by atoms with Gasteiger partial charge in [-0.1, -0.05) is 25.3 Å². The number of nitrogens with two attached hydrogens (primary N) is 1. The van der Waals surface area contributed by atoms with Gasteiger partial charge in [0.25, 0.3) is 5.91 Å². The summed E-state index contributed by atoms with van der Waals surface area (Å²) in [6, 6.07) is 2.98. The standard InChI is InChI=1S/C14H13FN2O3.C6H13N/c1-7-2-3-8-9(12(7)15)6-17(14(8)20)10-4-5-11(18)16-13(10)19;7-6-4-2-1-3-5-6/h2-3,10H,4-6H2,1H3,(H,16,18,19);6H,1-5,7H2. The highest BCUT2D eigenvalue weighted by Crippen LogP contribution is 2.30. The largest absolute Gasteiger partial charge is 0.328 e. The Hall–Kier alpha value is -2.28. The number of nitrogens with zero attached hydrogens (tertiary/aromatic N) is 1. The first-order chi connectivity index (χ1) is 12.9. The van der Waals surface area contributed by atoms with Crippen molar-refractivity contribution in [3.05, 3.63) is 34.6 Å². The lowest BCUT2D eigenvalue weighted by molar-refractivity contribution is -0.136. The second-order valence-corrected chi connectivity index (χ2v) is 7.52. The molecule has 27 heavy (non-hydrogen) atoms. The lowest BCUT2D eigenvalue weighted by Gasteiger charge is -2.29. The topological polar surface area (TPSA) is 92.5 Å². The van der Waals surface area contributed by atoms with E-state index in [2.05, 4.69) is 5.32 Å². The first kappa shape index (κ1) is 19.5. The zero-order valence-electron chi connectivity index (χ0n) is 15.6. The number of carbonyl (C=O) groups excluding carboxylic acids is 3. The zero-order valence-corrected chi connectivity index (χ0v) is 15.6. The van der Waals surface area contributed by atoms with E-state index in [4.69, 9.17) is 5.73 Å². The molecule has 1 saturated heterocycles. The van der Waals surface area contributed by atoms with Crippen molar-refractivity contribution in [2.45, 2.75) is 70.5 Å². The highest BCUT2D eigenvalue weighted by molar-refractivity contribution is 6.05. The average Bonchev–Trinajstić information content (AvgIpc) is 2.97. The van der Waals surface area contributed by atoms with E-state index >= 15 is 0 Å². The van der Waals surface area contributed by atoms with Gasteiger partial charge in [-0.25, -0.2) is 4.39 Å². The van der Waals surface area contributed by atoms with Gasteiger partial charge in [0.15, 0.2) is 0 Å². The molecule has 2 aliphatic heterocycles. The molecule has 0 aromatic heterocycles. The van der Waals surface area contributed by atoms with Gasteiger partial charge in [-0.2, -0.15) is 0 Å². The Morgan fingerprint density at radius 3 is 2.41 bits per heavy atom. The molecule has 3 amide bonds. The van der Waals surface area contributed by atoms with Gasteiger partial charge < -0.3 is 10.6 Å². The Bertz CT molecular complexity index is 759. The average molecular weight is 375 g/mol. The number of benzene rings is 1. The monoisotopic (exact) mass is 375 g/mol. The highest BCUT2D eigenvalue weighted by atomic mass is 19.1. The van der Waals surface area contributed by atoms with Crippen LogP contribution in [0.4, 0.5) is 4.39 Å². The summed E-state index contributed by atoms with van der Waals surface area (Å²) < 4.78 is 14.0. The van der Waals surface area contributed by atoms with Crippen LogP contribution in [0.1, 0.15) is 66.4 Å². The summed E-state index contributed by atoms with van der Waals surface area (Å²) in [7, 11) is 0.